The zero-order valence-corrected chi connectivity index (χ0v) is 17.7. The molecule has 2 aromatic heterocycles. The Morgan fingerprint density at radius 1 is 1.00 bits per heavy atom. The first-order chi connectivity index (χ1) is 13.3. The van der Waals surface area contributed by atoms with Crippen LogP contribution in [0.3, 0.4) is 0 Å². The van der Waals surface area contributed by atoms with Gasteiger partial charge in [0.1, 0.15) is 19.5 Å². The summed E-state index contributed by atoms with van der Waals surface area (Å²) in [6.07, 6.45) is 3.67. The highest BCUT2D eigenvalue weighted by atomic mass is 28.3. The zero-order chi connectivity index (χ0) is 20.1. The van der Waals surface area contributed by atoms with Gasteiger partial charge in [0, 0.05) is 18.5 Å². The minimum absolute atomic E-state index is 0.0418. The molecule has 0 aliphatic rings. The van der Waals surface area contributed by atoms with Crippen LogP contribution in [0.5, 0.6) is 5.75 Å². The van der Waals surface area contributed by atoms with Crippen LogP contribution < -0.4 is 10.3 Å². The zero-order valence-electron chi connectivity index (χ0n) is 16.7. The van der Waals surface area contributed by atoms with Crippen LogP contribution >= 0.6 is 0 Å². The van der Waals surface area contributed by atoms with Crippen LogP contribution in [-0.4, -0.2) is 24.7 Å². The Bertz CT molecular complexity index is 1070. The van der Waals surface area contributed by atoms with Gasteiger partial charge in [0.15, 0.2) is 0 Å². The first kappa shape index (κ1) is 19.7. The molecule has 28 heavy (non-hydrogen) atoms. The minimum atomic E-state index is -1.42. The number of nitrogens with zero attached hydrogens (tertiary/aromatic N) is 2. The van der Waals surface area contributed by atoms with E-state index in [0.29, 0.717) is 6.54 Å². The highest BCUT2D eigenvalue weighted by Crippen LogP contribution is 2.21. The van der Waals surface area contributed by atoms with Crippen molar-refractivity contribution in [3.05, 3.63) is 82.5 Å². The lowest BCUT2D eigenvalue weighted by molar-refractivity contribution is 0.415. The van der Waals surface area contributed by atoms with Gasteiger partial charge in [0.05, 0.1) is 13.7 Å². The van der Waals surface area contributed by atoms with Crippen LogP contribution in [0, 0.1) is 11.5 Å². The molecule has 0 fully saturated rings. The van der Waals surface area contributed by atoms with E-state index in [9.17, 15) is 4.79 Å². The monoisotopic (exact) mass is 388 g/mol. The van der Waals surface area contributed by atoms with Crippen LogP contribution in [0.2, 0.25) is 19.6 Å². The van der Waals surface area contributed by atoms with E-state index in [-0.39, 0.29) is 5.56 Å². The number of ether oxygens (including phenoxy) is 1. The van der Waals surface area contributed by atoms with Crippen molar-refractivity contribution in [2.75, 3.05) is 7.11 Å². The number of pyridine rings is 2. The van der Waals surface area contributed by atoms with Gasteiger partial charge in [-0.25, -0.2) is 4.98 Å². The number of methoxy groups -OCH3 is 1. The van der Waals surface area contributed by atoms with Crippen molar-refractivity contribution in [1.29, 1.82) is 0 Å². The van der Waals surface area contributed by atoms with E-state index in [1.165, 1.54) is 0 Å². The summed E-state index contributed by atoms with van der Waals surface area (Å²) in [6.45, 7) is 7.08. The third kappa shape index (κ3) is 5.21. The lowest BCUT2D eigenvalue weighted by atomic mass is 10.1. The quantitative estimate of drug-likeness (QED) is 0.497. The van der Waals surface area contributed by atoms with Crippen LogP contribution in [0.1, 0.15) is 11.3 Å². The predicted octanol–water partition coefficient (Wildman–Crippen LogP) is 4.20. The number of hydrogen-bond donors (Lipinski definition) is 0. The van der Waals surface area contributed by atoms with Crippen molar-refractivity contribution in [3.8, 4) is 28.3 Å². The molecule has 0 N–H and O–H groups in total. The van der Waals surface area contributed by atoms with E-state index >= 15 is 0 Å². The predicted molar refractivity (Wildman–Crippen MR) is 116 cm³/mol. The van der Waals surface area contributed by atoms with Gasteiger partial charge in [-0.3, -0.25) is 4.79 Å². The summed E-state index contributed by atoms with van der Waals surface area (Å²) in [4.78, 5) is 16.7. The summed E-state index contributed by atoms with van der Waals surface area (Å²) in [5.74, 6) is 3.95. The summed E-state index contributed by atoms with van der Waals surface area (Å²) in [6, 6.07) is 15.1. The average molecular weight is 389 g/mol. The molecule has 0 atom stereocenters. The van der Waals surface area contributed by atoms with Gasteiger partial charge >= 0.3 is 0 Å². The second-order valence-corrected chi connectivity index (χ2v) is 12.4. The van der Waals surface area contributed by atoms with E-state index in [4.69, 9.17) is 4.74 Å². The number of aromatic nitrogens is 2. The SMILES string of the molecule is COc1ccc(-c2ccc(=O)n(Cc3ccc(C#C[Si](C)(C)C)nc3)c2)cc1. The molecular weight excluding hydrogens is 364 g/mol. The Hall–Kier alpha value is -3.10. The lowest BCUT2D eigenvalue weighted by Crippen LogP contribution is -2.19. The van der Waals surface area contributed by atoms with Crippen LogP contribution in [0.4, 0.5) is 0 Å². The lowest BCUT2D eigenvalue weighted by Gasteiger charge is -2.09. The molecule has 0 saturated carbocycles. The van der Waals surface area contributed by atoms with Crippen LogP contribution in [0.25, 0.3) is 11.1 Å². The molecule has 5 heteroatoms. The molecule has 0 aliphatic carbocycles. The van der Waals surface area contributed by atoms with Gasteiger partial charge in [-0.2, -0.15) is 0 Å². The van der Waals surface area contributed by atoms with Gasteiger partial charge in [-0.05, 0) is 41.0 Å². The number of benzene rings is 1. The molecule has 1 aromatic carbocycles. The first-order valence-corrected chi connectivity index (χ1v) is 12.7. The molecule has 0 radical (unpaired) electrons. The first-order valence-electron chi connectivity index (χ1n) is 9.17. The molecule has 3 rings (SSSR count). The summed E-state index contributed by atoms with van der Waals surface area (Å²) >= 11 is 0. The number of hydrogen-bond acceptors (Lipinski definition) is 3. The fraction of sp³-hybridized carbons (Fsp3) is 0.217. The van der Waals surface area contributed by atoms with E-state index in [0.717, 1.165) is 28.1 Å². The Morgan fingerprint density at radius 3 is 2.32 bits per heavy atom. The normalized spacial score (nSPS) is 10.9. The third-order valence-corrected chi connectivity index (χ3v) is 5.03. The van der Waals surface area contributed by atoms with Gasteiger partial charge in [0.25, 0.3) is 5.56 Å². The highest BCUT2D eigenvalue weighted by Gasteiger charge is 2.08. The fourth-order valence-corrected chi connectivity index (χ4v) is 3.15. The molecule has 0 saturated heterocycles. The van der Waals surface area contributed by atoms with Crippen molar-refractivity contribution in [1.82, 2.24) is 9.55 Å². The fourth-order valence-electron chi connectivity index (χ4n) is 2.65. The highest BCUT2D eigenvalue weighted by molar-refractivity contribution is 6.83. The smallest absolute Gasteiger partial charge is 0.250 e. The maximum absolute atomic E-state index is 12.3. The van der Waals surface area contributed by atoms with E-state index in [1.54, 1.807) is 23.9 Å². The van der Waals surface area contributed by atoms with Crippen molar-refractivity contribution in [2.45, 2.75) is 26.2 Å². The van der Waals surface area contributed by atoms with Crippen molar-refractivity contribution >= 4 is 8.07 Å². The molecule has 3 aromatic rings. The van der Waals surface area contributed by atoms with Crippen molar-refractivity contribution in [2.24, 2.45) is 0 Å². The van der Waals surface area contributed by atoms with Crippen LogP contribution in [-0.2, 0) is 6.54 Å². The van der Waals surface area contributed by atoms with E-state index < -0.39 is 8.07 Å². The van der Waals surface area contributed by atoms with Crippen molar-refractivity contribution in [3.63, 3.8) is 0 Å². The molecular formula is C23H24N2O2Si. The maximum atomic E-state index is 12.3. The Kier molecular flexibility index (Phi) is 5.81. The molecule has 0 amide bonds. The molecule has 0 unspecified atom stereocenters. The summed E-state index contributed by atoms with van der Waals surface area (Å²) < 4.78 is 6.90. The summed E-state index contributed by atoms with van der Waals surface area (Å²) in [7, 11) is 0.223. The third-order valence-electron chi connectivity index (χ3n) is 4.15. The Balaban J connectivity index is 1.82. The molecule has 2 heterocycles. The van der Waals surface area contributed by atoms with Crippen LogP contribution in [0.15, 0.2) is 65.7 Å². The molecule has 0 bridgehead atoms. The Morgan fingerprint density at radius 2 is 1.71 bits per heavy atom. The average Bonchev–Trinajstić information content (AvgIpc) is 2.68. The van der Waals surface area contributed by atoms with E-state index in [1.807, 2.05) is 48.7 Å². The second-order valence-electron chi connectivity index (χ2n) is 7.66. The van der Waals surface area contributed by atoms with Gasteiger partial charge in [-0.1, -0.05) is 43.8 Å². The molecule has 4 nitrogen and oxygen atoms in total. The van der Waals surface area contributed by atoms with Gasteiger partial charge in [-0.15, -0.1) is 5.54 Å². The minimum Gasteiger partial charge on any atom is -0.497 e. The topological polar surface area (TPSA) is 44.1 Å². The molecule has 0 spiro atoms. The van der Waals surface area contributed by atoms with Gasteiger partial charge < -0.3 is 9.30 Å². The summed E-state index contributed by atoms with van der Waals surface area (Å²) in [5.41, 5.74) is 7.02. The molecule has 0 aliphatic heterocycles. The standard InChI is InChI=1S/C23H24N2O2Si/c1-27-22-10-6-19(7-11-22)20-8-12-23(26)25(17-20)16-18-5-9-21(24-15-18)13-14-28(2,3)4/h5-12,15,17H,16H2,1-4H3. The Labute approximate surface area is 166 Å². The van der Waals surface area contributed by atoms with E-state index in [2.05, 4.69) is 36.1 Å². The molecule has 142 valence electrons. The summed E-state index contributed by atoms with van der Waals surface area (Å²) in [5, 5.41) is 0. The second kappa shape index (κ2) is 8.28. The largest absolute Gasteiger partial charge is 0.497 e. The van der Waals surface area contributed by atoms with Crippen molar-refractivity contribution < 1.29 is 4.74 Å². The maximum Gasteiger partial charge on any atom is 0.250 e. The number of rotatable bonds is 4. The van der Waals surface area contributed by atoms with Gasteiger partial charge in [0.2, 0.25) is 0 Å².